The zero-order valence-corrected chi connectivity index (χ0v) is 20.8. The van der Waals surface area contributed by atoms with Gasteiger partial charge in [-0.15, -0.1) is 5.10 Å². The zero-order chi connectivity index (χ0) is 26.5. The van der Waals surface area contributed by atoms with Gasteiger partial charge in [0, 0.05) is 12.2 Å². The van der Waals surface area contributed by atoms with Crippen LogP contribution in [0.1, 0.15) is 22.7 Å². The molecule has 38 heavy (non-hydrogen) atoms. The number of anilines is 1. The summed E-state index contributed by atoms with van der Waals surface area (Å²) in [5, 5.41) is 11.3. The molecule has 0 aliphatic heterocycles. The highest BCUT2D eigenvalue weighted by Crippen LogP contribution is 2.31. The van der Waals surface area contributed by atoms with Gasteiger partial charge in [0.05, 0.1) is 5.52 Å². The van der Waals surface area contributed by atoms with Crippen molar-refractivity contribution in [2.75, 3.05) is 4.90 Å². The maximum absolute atomic E-state index is 14.4. The third-order valence-electron chi connectivity index (χ3n) is 6.36. The van der Waals surface area contributed by atoms with Crippen molar-refractivity contribution in [1.82, 2.24) is 20.3 Å². The minimum absolute atomic E-state index is 0.189. The second-order valence-corrected chi connectivity index (χ2v) is 8.94. The molecule has 190 valence electrons. The molecule has 1 aromatic heterocycles. The highest BCUT2D eigenvalue weighted by molar-refractivity contribution is 6.01. The first-order chi connectivity index (χ1) is 18.5. The molecule has 0 fully saturated rings. The van der Waals surface area contributed by atoms with Crippen molar-refractivity contribution in [2.45, 2.75) is 26.1 Å². The highest BCUT2D eigenvalue weighted by atomic mass is 19.1. The molecule has 0 bridgehead atoms. The van der Waals surface area contributed by atoms with E-state index < -0.39 is 17.8 Å². The van der Waals surface area contributed by atoms with Crippen LogP contribution in [0.2, 0.25) is 0 Å². The average molecular weight is 508 g/mol. The maximum Gasteiger partial charge on any atom is 0.249 e. The molecule has 0 spiro atoms. The number of amides is 2. The predicted octanol–water partition coefficient (Wildman–Crippen LogP) is 4.97. The number of rotatable bonds is 8. The topological polar surface area (TPSA) is 80.1 Å². The molecule has 8 heteroatoms. The van der Waals surface area contributed by atoms with Gasteiger partial charge in [0.2, 0.25) is 11.8 Å². The van der Waals surface area contributed by atoms with Gasteiger partial charge < -0.3 is 5.32 Å². The van der Waals surface area contributed by atoms with Gasteiger partial charge >= 0.3 is 0 Å². The van der Waals surface area contributed by atoms with Crippen molar-refractivity contribution >= 4 is 28.5 Å². The predicted molar refractivity (Wildman–Crippen MR) is 144 cm³/mol. The Morgan fingerprint density at radius 2 is 1.66 bits per heavy atom. The van der Waals surface area contributed by atoms with Gasteiger partial charge in [0.15, 0.2) is 0 Å². The molecule has 5 rings (SSSR count). The first-order valence-electron chi connectivity index (χ1n) is 12.2. The molecule has 0 saturated heterocycles. The SMILES string of the molecule is Cc1ccccc1[C@H](C(=O)NCc1ccccc1)N(C(=O)Cn1nnc2ccccc21)c1cccc(F)c1. The molecule has 2 amide bonds. The molecule has 0 aliphatic rings. The molecule has 1 N–H and O–H groups in total. The number of carbonyl (C=O) groups is 2. The quantitative estimate of drug-likeness (QED) is 0.322. The number of para-hydroxylation sites is 1. The van der Waals surface area contributed by atoms with E-state index in [2.05, 4.69) is 15.6 Å². The Balaban J connectivity index is 1.57. The van der Waals surface area contributed by atoms with Gasteiger partial charge in [0.25, 0.3) is 0 Å². The zero-order valence-electron chi connectivity index (χ0n) is 20.8. The summed E-state index contributed by atoms with van der Waals surface area (Å²) < 4.78 is 15.9. The molecule has 0 saturated carbocycles. The molecule has 1 atom stereocenters. The van der Waals surface area contributed by atoms with E-state index in [1.165, 1.54) is 27.8 Å². The van der Waals surface area contributed by atoms with Crippen molar-refractivity contribution in [3.8, 4) is 0 Å². The summed E-state index contributed by atoms with van der Waals surface area (Å²) in [5.41, 5.74) is 3.98. The minimum Gasteiger partial charge on any atom is -0.350 e. The summed E-state index contributed by atoms with van der Waals surface area (Å²) >= 11 is 0. The van der Waals surface area contributed by atoms with E-state index in [4.69, 9.17) is 0 Å². The van der Waals surface area contributed by atoms with Crippen LogP contribution in [-0.4, -0.2) is 26.8 Å². The van der Waals surface area contributed by atoms with Crippen molar-refractivity contribution < 1.29 is 14.0 Å². The summed E-state index contributed by atoms with van der Waals surface area (Å²) in [6.07, 6.45) is 0. The van der Waals surface area contributed by atoms with E-state index in [0.717, 1.165) is 11.1 Å². The number of benzene rings is 4. The van der Waals surface area contributed by atoms with Crippen LogP contribution in [0, 0.1) is 12.7 Å². The highest BCUT2D eigenvalue weighted by Gasteiger charge is 2.34. The second kappa shape index (κ2) is 11.0. The number of nitrogens with zero attached hydrogens (tertiary/aromatic N) is 4. The van der Waals surface area contributed by atoms with Crippen LogP contribution in [0.5, 0.6) is 0 Å². The maximum atomic E-state index is 14.4. The van der Waals surface area contributed by atoms with E-state index in [1.807, 2.05) is 79.7 Å². The smallest absolute Gasteiger partial charge is 0.249 e. The number of halogens is 1. The van der Waals surface area contributed by atoms with E-state index in [-0.39, 0.29) is 24.7 Å². The Bertz CT molecular complexity index is 1580. The lowest BCUT2D eigenvalue weighted by Gasteiger charge is -2.32. The Hall–Kier alpha value is -4.85. The molecule has 1 heterocycles. The van der Waals surface area contributed by atoms with Crippen LogP contribution in [0.15, 0.2) is 103 Å². The Morgan fingerprint density at radius 1 is 0.921 bits per heavy atom. The molecule has 0 radical (unpaired) electrons. The molecule has 0 aliphatic carbocycles. The van der Waals surface area contributed by atoms with Crippen molar-refractivity contribution in [3.63, 3.8) is 0 Å². The third kappa shape index (κ3) is 5.29. The van der Waals surface area contributed by atoms with Crippen LogP contribution in [0.4, 0.5) is 10.1 Å². The lowest BCUT2D eigenvalue weighted by Crippen LogP contribution is -2.45. The fourth-order valence-electron chi connectivity index (χ4n) is 4.47. The summed E-state index contributed by atoms with van der Waals surface area (Å²) in [6, 6.07) is 28.8. The summed E-state index contributed by atoms with van der Waals surface area (Å²) in [7, 11) is 0. The van der Waals surface area contributed by atoms with Crippen LogP contribution in [-0.2, 0) is 22.7 Å². The monoisotopic (exact) mass is 507 g/mol. The van der Waals surface area contributed by atoms with Crippen LogP contribution in [0.3, 0.4) is 0 Å². The number of aryl methyl sites for hydroxylation is 1. The number of aromatic nitrogens is 3. The largest absolute Gasteiger partial charge is 0.350 e. The first-order valence-corrected chi connectivity index (χ1v) is 12.2. The van der Waals surface area contributed by atoms with Crippen LogP contribution >= 0.6 is 0 Å². The van der Waals surface area contributed by atoms with Gasteiger partial charge in [-0.1, -0.05) is 78.0 Å². The molecular formula is C30H26FN5O2. The molecule has 0 unspecified atom stereocenters. The Labute approximate surface area is 219 Å². The fourth-order valence-corrected chi connectivity index (χ4v) is 4.47. The van der Waals surface area contributed by atoms with E-state index >= 15 is 0 Å². The van der Waals surface area contributed by atoms with Gasteiger partial charge in [-0.2, -0.15) is 0 Å². The van der Waals surface area contributed by atoms with E-state index in [9.17, 15) is 14.0 Å². The number of carbonyl (C=O) groups excluding carboxylic acids is 2. The molecule has 7 nitrogen and oxygen atoms in total. The number of hydrogen-bond donors (Lipinski definition) is 1. The van der Waals surface area contributed by atoms with Crippen molar-refractivity contribution in [1.29, 1.82) is 0 Å². The third-order valence-corrected chi connectivity index (χ3v) is 6.36. The molecular weight excluding hydrogens is 481 g/mol. The van der Waals surface area contributed by atoms with Gasteiger partial charge in [0.1, 0.15) is 23.9 Å². The van der Waals surface area contributed by atoms with Gasteiger partial charge in [-0.05, 0) is 53.9 Å². The van der Waals surface area contributed by atoms with Gasteiger partial charge in [-0.3, -0.25) is 14.5 Å². The lowest BCUT2D eigenvalue weighted by atomic mass is 9.98. The lowest BCUT2D eigenvalue weighted by molar-refractivity contribution is -0.127. The number of fused-ring (bicyclic) bond motifs is 1. The number of hydrogen-bond acceptors (Lipinski definition) is 4. The van der Waals surface area contributed by atoms with Crippen LogP contribution in [0.25, 0.3) is 11.0 Å². The first kappa shape index (κ1) is 24.8. The fraction of sp³-hybridized carbons (Fsp3) is 0.133. The molecule has 5 aromatic rings. The molecule has 4 aromatic carbocycles. The van der Waals surface area contributed by atoms with Crippen molar-refractivity contribution in [2.24, 2.45) is 0 Å². The normalized spacial score (nSPS) is 11.7. The van der Waals surface area contributed by atoms with E-state index in [0.29, 0.717) is 16.6 Å². The standard InChI is InChI=1S/C30H26FN5O2/c1-21-10-5-6-15-25(21)29(30(38)32-19-22-11-3-2-4-12-22)36(24-14-9-13-23(31)18-24)28(37)20-35-27-17-8-7-16-26(27)33-34-35/h2-18,29H,19-20H2,1H3,(H,32,38)/t29-/m1/s1. The van der Waals surface area contributed by atoms with Gasteiger partial charge in [-0.25, -0.2) is 9.07 Å². The van der Waals surface area contributed by atoms with E-state index in [1.54, 1.807) is 12.1 Å². The summed E-state index contributed by atoms with van der Waals surface area (Å²) in [5.74, 6) is -1.33. The summed E-state index contributed by atoms with van der Waals surface area (Å²) in [4.78, 5) is 29.2. The Kier molecular flexibility index (Phi) is 7.21. The Morgan fingerprint density at radius 3 is 2.45 bits per heavy atom. The van der Waals surface area contributed by atoms with Crippen molar-refractivity contribution in [3.05, 3.63) is 126 Å². The average Bonchev–Trinajstić information content (AvgIpc) is 3.34. The summed E-state index contributed by atoms with van der Waals surface area (Å²) in [6.45, 7) is 1.97. The number of nitrogens with one attached hydrogen (secondary N) is 1. The second-order valence-electron chi connectivity index (χ2n) is 8.94. The minimum atomic E-state index is -1.05. The van der Waals surface area contributed by atoms with Crippen LogP contribution < -0.4 is 10.2 Å².